The molecule has 9 rings (SSSR count). The van der Waals surface area contributed by atoms with Crippen LogP contribution in [-0.4, -0.2) is 27.8 Å². The van der Waals surface area contributed by atoms with Gasteiger partial charge in [-0.15, -0.1) is 10.2 Å². The summed E-state index contributed by atoms with van der Waals surface area (Å²) in [5.41, 5.74) is 3.90. The molecule has 1 aliphatic rings. The molecule has 8 aromatic rings. The fourth-order valence-corrected chi connectivity index (χ4v) is 7.49. The van der Waals surface area contributed by atoms with E-state index in [2.05, 4.69) is 31.1 Å². The zero-order chi connectivity index (χ0) is 41.5. The number of fused-ring (bicyclic) bond motifs is 5. The van der Waals surface area contributed by atoms with Crippen molar-refractivity contribution in [2.24, 2.45) is 20.5 Å². The van der Waals surface area contributed by atoms with Crippen LogP contribution >= 0.6 is 23.2 Å². The molecule has 1 aliphatic carbocycles. The second-order valence-corrected chi connectivity index (χ2v) is 14.7. The van der Waals surface area contributed by atoms with Crippen molar-refractivity contribution in [1.29, 1.82) is 0 Å². The standard InChI is InChI=1S/C47H28Cl2N6O5/c48-27-9-5-11-29(21-27)50-46(59)39-19-25-7-1-3-13-33(25)41(44(39)57)54-52-31-15-17-35-36-18-16-32(24-38(36)43(56)37(35)23-31)53-55-42-34-14-4-2-8-26(34)20-40(45(42)58)47(60)51-30-12-6-10-28(49)22-30/h1-24,57-58H,(H,50,59)(H,51,60). The van der Waals surface area contributed by atoms with E-state index in [0.29, 0.717) is 76.6 Å². The number of hydrogen-bond donors (Lipinski definition) is 4. The molecule has 13 heteroatoms. The SMILES string of the molecule is O=C1c2cc(N=Nc3c(O)c(C(=O)Nc4cccc(Cl)c4)cc4ccccc34)ccc2-c2ccc(N=Nc3c(O)c(C(=O)Nc4cccc(Cl)c4)cc4ccccc34)cc21. The minimum absolute atomic E-state index is 0.00873. The van der Waals surface area contributed by atoms with E-state index in [4.69, 9.17) is 23.2 Å². The summed E-state index contributed by atoms with van der Waals surface area (Å²) in [4.78, 5) is 40.5. The molecule has 4 N–H and O–H groups in total. The Balaban J connectivity index is 0.992. The molecule has 60 heavy (non-hydrogen) atoms. The van der Waals surface area contributed by atoms with Crippen LogP contribution in [0.1, 0.15) is 36.6 Å². The van der Waals surface area contributed by atoms with E-state index < -0.39 is 11.8 Å². The molecule has 11 nitrogen and oxygen atoms in total. The van der Waals surface area contributed by atoms with Crippen molar-refractivity contribution in [3.8, 4) is 22.6 Å². The predicted octanol–water partition coefficient (Wildman–Crippen LogP) is 13.3. The van der Waals surface area contributed by atoms with Crippen molar-refractivity contribution in [1.82, 2.24) is 0 Å². The Morgan fingerprint density at radius 3 is 1.33 bits per heavy atom. The number of hydrogen-bond acceptors (Lipinski definition) is 9. The molecule has 0 saturated carbocycles. The van der Waals surface area contributed by atoms with Gasteiger partial charge in [0.1, 0.15) is 11.4 Å². The second kappa shape index (κ2) is 15.6. The first-order valence-corrected chi connectivity index (χ1v) is 19.2. The lowest BCUT2D eigenvalue weighted by Gasteiger charge is -2.11. The zero-order valence-electron chi connectivity index (χ0n) is 31.0. The summed E-state index contributed by atoms with van der Waals surface area (Å²) in [5, 5.41) is 49.1. The van der Waals surface area contributed by atoms with E-state index in [1.807, 2.05) is 12.1 Å². The molecule has 0 radical (unpaired) electrons. The van der Waals surface area contributed by atoms with Gasteiger partial charge >= 0.3 is 0 Å². The largest absolute Gasteiger partial charge is 0.505 e. The van der Waals surface area contributed by atoms with E-state index in [1.165, 1.54) is 0 Å². The van der Waals surface area contributed by atoms with Gasteiger partial charge in [0.25, 0.3) is 11.8 Å². The van der Waals surface area contributed by atoms with Gasteiger partial charge in [-0.05, 0) is 94.7 Å². The summed E-state index contributed by atoms with van der Waals surface area (Å²) in [6, 6.07) is 41.0. The first-order valence-electron chi connectivity index (χ1n) is 18.4. The number of phenolic OH excluding ortho intramolecular Hbond substituents is 2. The maximum atomic E-state index is 13.9. The van der Waals surface area contributed by atoms with Crippen LogP contribution in [0.5, 0.6) is 11.5 Å². The van der Waals surface area contributed by atoms with Crippen LogP contribution in [0.15, 0.2) is 166 Å². The van der Waals surface area contributed by atoms with E-state index in [9.17, 15) is 24.6 Å². The maximum absolute atomic E-state index is 13.9. The summed E-state index contributed by atoms with van der Waals surface area (Å²) in [7, 11) is 0. The minimum atomic E-state index is -0.562. The number of amides is 2. The van der Waals surface area contributed by atoms with Gasteiger partial charge < -0.3 is 20.8 Å². The molecule has 0 aromatic heterocycles. The van der Waals surface area contributed by atoms with Crippen LogP contribution < -0.4 is 10.6 Å². The van der Waals surface area contributed by atoms with Crippen molar-refractivity contribution in [2.45, 2.75) is 0 Å². The molecule has 0 saturated heterocycles. The van der Waals surface area contributed by atoms with Gasteiger partial charge in [0.15, 0.2) is 17.3 Å². The van der Waals surface area contributed by atoms with Crippen molar-refractivity contribution < 1.29 is 24.6 Å². The number of aromatic hydroxyl groups is 2. The minimum Gasteiger partial charge on any atom is -0.505 e. The molecular weight excluding hydrogens is 799 g/mol. The highest BCUT2D eigenvalue weighted by Crippen LogP contribution is 2.44. The topological polar surface area (TPSA) is 165 Å². The van der Waals surface area contributed by atoms with Crippen molar-refractivity contribution in [3.63, 3.8) is 0 Å². The van der Waals surface area contributed by atoms with Crippen LogP contribution in [0.2, 0.25) is 10.0 Å². The van der Waals surface area contributed by atoms with Crippen LogP contribution in [0, 0.1) is 0 Å². The Bertz CT molecular complexity index is 2970. The maximum Gasteiger partial charge on any atom is 0.259 e. The quantitative estimate of drug-likeness (QED) is 0.112. The summed E-state index contributed by atoms with van der Waals surface area (Å²) >= 11 is 12.2. The summed E-state index contributed by atoms with van der Waals surface area (Å²) in [5.74, 6) is -2.12. The Morgan fingerprint density at radius 1 is 0.467 bits per heavy atom. The van der Waals surface area contributed by atoms with Crippen LogP contribution in [0.4, 0.5) is 34.1 Å². The van der Waals surface area contributed by atoms with Crippen LogP contribution in [-0.2, 0) is 0 Å². The summed E-state index contributed by atoms with van der Waals surface area (Å²) in [6.45, 7) is 0. The number of ketones is 1. The highest BCUT2D eigenvalue weighted by molar-refractivity contribution is 6.31. The molecule has 0 heterocycles. The van der Waals surface area contributed by atoms with Gasteiger partial charge in [-0.1, -0.05) is 96.0 Å². The van der Waals surface area contributed by atoms with Crippen molar-refractivity contribution >= 4 is 96.5 Å². The molecular formula is C47H28Cl2N6O5. The average molecular weight is 828 g/mol. The lowest BCUT2D eigenvalue weighted by atomic mass is 10.0. The van der Waals surface area contributed by atoms with Gasteiger partial charge in [-0.25, -0.2) is 0 Å². The number of carbonyl (C=O) groups excluding carboxylic acids is 3. The van der Waals surface area contributed by atoms with Gasteiger partial charge in [-0.2, -0.15) is 10.2 Å². The zero-order valence-corrected chi connectivity index (χ0v) is 32.5. The summed E-state index contributed by atoms with van der Waals surface area (Å²) < 4.78 is 0. The number of carbonyl (C=O) groups is 3. The molecule has 0 bridgehead atoms. The van der Waals surface area contributed by atoms with Gasteiger partial charge in [-0.3, -0.25) is 14.4 Å². The van der Waals surface area contributed by atoms with Crippen molar-refractivity contribution in [3.05, 3.63) is 178 Å². The monoisotopic (exact) mass is 826 g/mol. The Hall–Kier alpha value is -7.73. The molecule has 0 atom stereocenters. The van der Waals surface area contributed by atoms with Gasteiger partial charge in [0, 0.05) is 43.3 Å². The molecule has 8 aromatic carbocycles. The number of halogens is 2. The highest BCUT2D eigenvalue weighted by atomic mass is 35.5. The number of nitrogens with one attached hydrogen (secondary N) is 2. The Kier molecular flexibility index (Phi) is 9.81. The van der Waals surface area contributed by atoms with Crippen LogP contribution in [0.25, 0.3) is 32.7 Å². The third-order valence-electron chi connectivity index (χ3n) is 9.96. The highest BCUT2D eigenvalue weighted by Gasteiger charge is 2.28. The fraction of sp³-hybridized carbons (Fsp3) is 0. The molecule has 0 aliphatic heterocycles. The molecule has 290 valence electrons. The lowest BCUT2D eigenvalue weighted by molar-refractivity contribution is 0.101. The predicted molar refractivity (Wildman–Crippen MR) is 234 cm³/mol. The smallest absolute Gasteiger partial charge is 0.259 e. The fourth-order valence-electron chi connectivity index (χ4n) is 7.11. The molecule has 0 fully saturated rings. The van der Waals surface area contributed by atoms with E-state index in [-0.39, 0.29) is 39.8 Å². The van der Waals surface area contributed by atoms with E-state index >= 15 is 0 Å². The number of anilines is 2. The normalized spacial score (nSPS) is 12.0. The molecule has 0 spiro atoms. The second-order valence-electron chi connectivity index (χ2n) is 13.8. The number of rotatable bonds is 8. The molecule has 2 amide bonds. The average Bonchev–Trinajstić information content (AvgIpc) is 3.52. The first kappa shape index (κ1) is 37.8. The van der Waals surface area contributed by atoms with Crippen LogP contribution in [0.3, 0.4) is 0 Å². The lowest BCUT2D eigenvalue weighted by Crippen LogP contribution is -2.12. The Morgan fingerprint density at radius 2 is 0.900 bits per heavy atom. The third-order valence-corrected chi connectivity index (χ3v) is 10.4. The molecule has 0 unspecified atom stereocenters. The number of benzene rings is 8. The number of azo groups is 2. The number of nitrogens with zero attached hydrogens (tertiary/aromatic N) is 4. The summed E-state index contributed by atoms with van der Waals surface area (Å²) in [6.07, 6.45) is 0. The Labute approximate surface area is 351 Å². The first-order chi connectivity index (χ1) is 29.1. The van der Waals surface area contributed by atoms with Gasteiger partial charge in [0.05, 0.1) is 22.5 Å². The van der Waals surface area contributed by atoms with E-state index in [0.717, 1.165) is 0 Å². The van der Waals surface area contributed by atoms with Crippen molar-refractivity contribution in [2.75, 3.05) is 10.6 Å². The van der Waals surface area contributed by atoms with E-state index in [1.54, 1.807) is 133 Å². The van der Waals surface area contributed by atoms with Gasteiger partial charge in [0.2, 0.25) is 0 Å². The third kappa shape index (κ3) is 7.19. The number of phenols is 2.